The van der Waals surface area contributed by atoms with E-state index < -0.39 is 17.3 Å². The molecule has 1 spiro atoms. The first kappa shape index (κ1) is 8.47. The molecule has 0 unspecified atom stereocenters. The Balaban J connectivity index is 2.13. The molecule has 1 aliphatic carbocycles. The highest BCUT2D eigenvalue weighted by Crippen LogP contribution is 2.59. The van der Waals surface area contributed by atoms with E-state index in [1.807, 2.05) is 18.2 Å². The number of anilines is 1. The van der Waals surface area contributed by atoms with Gasteiger partial charge in [0.15, 0.2) is 0 Å². The molecule has 4 heteroatoms. The number of para-hydroxylation sites is 1. The van der Waals surface area contributed by atoms with Crippen LogP contribution in [-0.2, 0) is 15.0 Å². The van der Waals surface area contributed by atoms with Crippen LogP contribution in [0.2, 0.25) is 0 Å². The van der Waals surface area contributed by atoms with Gasteiger partial charge in [0.2, 0.25) is 5.91 Å². The van der Waals surface area contributed by atoms with E-state index in [0.717, 1.165) is 11.3 Å². The maximum atomic E-state index is 11.8. The van der Waals surface area contributed by atoms with Crippen LogP contribution in [0.1, 0.15) is 12.0 Å². The molecule has 2 atom stereocenters. The maximum absolute atomic E-state index is 11.8. The molecular weight excluding hydrogens is 194 g/mol. The third kappa shape index (κ3) is 0.862. The Kier molecular flexibility index (Phi) is 1.35. The maximum Gasteiger partial charge on any atom is 0.307 e. The number of fused-ring (bicyclic) bond motifs is 2. The summed E-state index contributed by atoms with van der Waals surface area (Å²) in [5, 5.41) is 11.7. The fraction of sp³-hybridized carbons (Fsp3) is 0.273. The molecule has 1 heterocycles. The summed E-state index contributed by atoms with van der Waals surface area (Å²) in [5.41, 5.74) is 0.816. The number of nitrogens with one attached hydrogen (secondary N) is 1. The molecule has 0 saturated heterocycles. The number of rotatable bonds is 1. The smallest absolute Gasteiger partial charge is 0.307 e. The Hall–Kier alpha value is -1.84. The highest BCUT2D eigenvalue weighted by Gasteiger charge is 2.68. The van der Waals surface area contributed by atoms with Crippen molar-refractivity contribution in [3.8, 4) is 0 Å². The minimum atomic E-state index is -0.887. The van der Waals surface area contributed by atoms with Crippen molar-refractivity contribution < 1.29 is 14.7 Å². The minimum absolute atomic E-state index is 0.170. The van der Waals surface area contributed by atoms with Crippen molar-refractivity contribution >= 4 is 17.6 Å². The van der Waals surface area contributed by atoms with Gasteiger partial charge < -0.3 is 10.4 Å². The standard InChI is InChI=1S/C11H9NO3/c13-9(14)7-5-11(7)6-3-1-2-4-8(6)12-10(11)15/h1-4,7H,5H2,(H,12,15)(H,13,14)/t7-,11-/m1/s1. The van der Waals surface area contributed by atoms with E-state index >= 15 is 0 Å². The SMILES string of the molecule is O=C(O)[C@H]1C[C@]12C(=O)Nc1ccccc12. The van der Waals surface area contributed by atoms with E-state index in [1.54, 1.807) is 6.07 Å². The van der Waals surface area contributed by atoms with Crippen molar-refractivity contribution in [1.29, 1.82) is 0 Å². The van der Waals surface area contributed by atoms with Crippen molar-refractivity contribution in [3.05, 3.63) is 29.8 Å². The molecule has 1 amide bonds. The molecule has 1 aromatic carbocycles. The van der Waals surface area contributed by atoms with Gasteiger partial charge in [0.1, 0.15) is 0 Å². The highest BCUT2D eigenvalue weighted by atomic mass is 16.4. The normalized spacial score (nSPS) is 31.2. The quantitative estimate of drug-likeness (QED) is 0.715. The van der Waals surface area contributed by atoms with Crippen LogP contribution in [0.3, 0.4) is 0 Å². The molecule has 0 bridgehead atoms. The molecule has 0 radical (unpaired) electrons. The van der Waals surface area contributed by atoms with E-state index in [2.05, 4.69) is 5.32 Å². The first-order valence-corrected chi connectivity index (χ1v) is 4.80. The monoisotopic (exact) mass is 203 g/mol. The summed E-state index contributed by atoms with van der Waals surface area (Å²) in [7, 11) is 0. The molecule has 1 fully saturated rings. The van der Waals surface area contributed by atoms with Crippen LogP contribution in [0.15, 0.2) is 24.3 Å². The third-order valence-electron chi connectivity index (χ3n) is 3.32. The van der Waals surface area contributed by atoms with Gasteiger partial charge in [-0.15, -0.1) is 0 Å². The van der Waals surface area contributed by atoms with E-state index in [9.17, 15) is 9.59 Å². The van der Waals surface area contributed by atoms with Crippen LogP contribution < -0.4 is 5.32 Å². The number of benzene rings is 1. The number of carbonyl (C=O) groups excluding carboxylic acids is 1. The largest absolute Gasteiger partial charge is 0.481 e. The fourth-order valence-electron chi connectivity index (χ4n) is 2.45. The Morgan fingerprint density at radius 3 is 2.87 bits per heavy atom. The molecule has 4 nitrogen and oxygen atoms in total. The topological polar surface area (TPSA) is 66.4 Å². The van der Waals surface area contributed by atoms with Gasteiger partial charge in [-0.05, 0) is 18.1 Å². The number of aliphatic carboxylic acids is 1. The third-order valence-corrected chi connectivity index (χ3v) is 3.32. The van der Waals surface area contributed by atoms with Gasteiger partial charge in [0.25, 0.3) is 0 Å². The number of amides is 1. The second-order valence-electron chi connectivity index (χ2n) is 4.07. The highest BCUT2D eigenvalue weighted by molar-refractivity contribution is 6.11. The number of carboxylic acid groups (broad SMARTS) is 1. The second kappa shape index (κ2) is 2.39. The summed E-state index contributed by atoms with van der Waals surface area (Å²) in [4.78, 5) is 22.7. The number of carbonyl (C=O) groups is 2. The van der Waals surface area contributed by atoms with Gasteiger partial charge in [-0.1, -0.05) is 18.2 Å². The Bertz CT molecular complexity index is 482. The molecule has 2 N–H and O–H groups in total. The van der Waals surface area contributed by atoms with Gasteiger partial charge in [0, 0.05) is 5.69 Å². The zero-order valence-corrected chi connectivity index (χ0v) is 7.86. The molecule has 1 saturated carbocycles. The lowest BCUT2D eigenvalue weighted by Crippen LogP contribution is -2.23. The van der Waals surface area contributed by atoms with Gasteiger partial charge in [-0.25, -0.2) is 0 Å². The van der Waals surface area contributed by atoms with Crippen molar-refractivity contribution in [1.82, 2.24) is 0 Å². The van der Waals surface area contributed by atoms with E-state index in [-0.39, 0.29) is 5.91 Å². The number of carboxylic acids is 1. The predicted octanol–water partition coefficient (Wildman–Crippen LogP) is 0.981. The van der Waals surface area contributed by atoms with Crippen LogP contribution in [0.4, 0.5) is 5.69 Å². The second-order valence-corrected chi connectivity index (χ2v) is 4.07. The van der Waals surface area contributed by atoms with E-state index in [4.69, 9.17) is 5.11 Å². The molecule has 3 rings (SSSR count). The van der Waals surface area contributed by atoms with Crippen LogP contribution in [0, 0.1) is 5.92 Å². The molecular formula is C11H9NO3. The van der Waals surface area contributed by atoms with Gasteiger partial charge >= 0.3 is 5.97 Å². The van der Waals surface area contributed by atoms with Crippen molar-refractivity contribution in [2.45, 2.75) is 11.8 Å². The summed E-state index contributed by atoms with van der Waals surface area (Å²) in [6.07, 6.45) is 0.422. The number of hydrogen-bond acceptors (Lipinski definition) is 2. The van der Waals surface area contributed by atoms with Crippen LogP contribution >= 0.6 is 0 Å². The molecule has 76 valence electrons. The Morgan fingerprint density at radius 2 is 2.20 bits per heavy atom. The zero-order valence-electron chi connectivity index (χ0n) is 7.86. The van der Waals surface area contributed by atoms with Crippen LogP contribution in [-0.4, -0.2) is 17.0 Å². The van der Waals surface area contributed by atoms with E-state index in [0.29, 0.717) is 6.42 Å². The average molecular weight is 203 g/mol. The lowest BCUT2D eigenvalue weighted by Gasteiger charge is -2.04. The van der Waals surface area contributed by atoms with Crippen molar-refractivity contribution in [2.24, 2.45) is 5.92 Å². The molecule has 1 aliphatic heterocycles. The summed E-state index contributed by atoms with van der Waals surface area (Å²) in [6.45, 7) is 0. The summed E-state index contributed by atoms with van der Waals surface area (Å²) >= 11 is 0. The van der Waals surface area contributed by atoms with Gasteiger partial charge in [0.05, 0.1) is 11.3 Å². The molecule has 1 aromatic rings. The van der Waals surface area contributed by atoms with Gasteiger partial charge in [-0.3, -0.25) is 9.59 Å². The van der Waals surface area contributed by atoms with Gasteiger partial charge in [-0.2, -0.15) is 0 Å². The predicted molar refractivity (Wildman–Crippen MR) is 52.5 cm³/mol. The zero-order chi connectivity index (χ0) is 10.6. The van der Waals surface area contributed by atoms with Crippen molar-refractivity contribution in [3.63, 3.8) is 0 Å². The Morgan fingerprint density at radius 1 is 1.47 bits per heavy atom. The van der Waals surface area contributed by atoms with Crippen LogP contribution in [0.25, 0.3) is 0 Å². The van der Waals surface area contributed by atoms with Crippen LogP contribution in [0.5, 0.6) is 0 Å². The first-order valence-electron chi connectivity index (χ1n) is 4.80. The number of hydrogen-bond donors (Lipinski definition) is 2. The van der Waals surface area contributed by atoms with E-state index in [1.165, 1.54) is 0 Å². The molecule has 0 aromatic heterocycles. The molecule has 2 aliphatic rings. The average Bonchev–Trinajstić information content (AvgIpc) is 2.88. The molecule has 15 heavy (non-hydrogen) atoms. The lowest BCUT2D eigenvalue weighted by atomic mass is 9.95. The Labute approximate surface area is 85.9 Å². The fourth-order valence-corrected chi connectivity index (χ4v) is 2.45. The summed E-state index contributed by atoms with van der Waals surface area (Å²) in [5.74, 6) is -1.61. The minimum Gasteiger partial charge on any atom is -0.481 e. The summed E-state index contributed by atoms with van der Waals surface area (Å²) in [6, 6.07) is 7.30. The van der Waals surface area contributed by atoms with Crippen molar-refractivity contribution in [2.75, 3.05) is 5.32 Å². The lowest BCUT2D eigenvalue weighted by molar-refractivity contribution is -0.140. The first-order chi connectivity index (χ1) is 7.16. The summed E-state index contributed by atoms with van der Waals surface area (Å²) < 4.78 is 0.